The van der Waals surface area contributed by atoms with E-state index in [0.717, 1.165) is 12.0 Å². The van der Waals surface area contributed by atoms with Crippen LogP contribution in [0, 0.1) is 12.3 Å². The first kappa shape index (κ1) is 14.1. The molecule has 18 heavy (non-hydrogen) atoms. The molecule has 0 heterocycles. The van der Waals surface area contributed by atoms with Crippen LogP contribution in [0.1, 0.15) is 37.5 Å². The Bertz CT molecular complexity index is 583. The first-order valence-corrected chi connectivity index (χ1v) is 6.44. The Morgan fingerprint density at radius 2 is 1.94 bits per heavy atom. The fraction of sp³-hybridized carbons (Fsp3) is 0.222. The van der Waals surface area contributed by atoms with Crippen LogP contribution in [0.25, 0.3) is 16.8 Å². The van der Waals surface area contributed by atoms with Crippen molar-refractivity contribution in [2.24, 2.45) is 0 Å². The average molecular weight is 236 g/mol. The van der Waals surface area contributed by atoms with Gasteiger partial charge in [0.25, 0.3) is 0 Å². The van der Waals surface area contributed by atoms with Gasteiger partial charge in [-0.05, 0) is 40.5 Å². The molecule has 0 radical (unpaired) electrons. The van der Waals surface area contributed by atoms with Gasteiger partial charge in [0.2, 0.25) is 0 Å². The molecule has 0 heteroatoms. The van der Waals surface area contributed by atoms with E-state index in [1.807, 2.05) is 32.1 Å². The van der Waals surface area contributed by atoms with Crippen molar-refractivity contribution in [1.82, 2.24) is 0 Å². The van der Waals surface area contributed by atoms with Gasteiger partial charge in [0.1, 0.15) is 0 Å². The molecule has 0 saturated heterocycles. The quantitative estimate of drug-likeness (QED) is 0.640. The predicted octanol–water partition coefficient (Wildman–Crippen LogP) is 5.05. The van der Waals surface area contributed by atoms with E-state index in [9.17, 15) is 0 Å². The zero-order valence-corrected chi connectivity index (χ0v) is 11.5. The maximum absolute atomic E-state index is 5.40. The van der Waals surface area contributed by atoms with E-state index < -0.39 is 0 Å². The number of rotatable bonds is 2. The number of benzene rings is 2. The van der Waals surface area contributed by atoms with E-state index in [1.54, 1.807) is 0 Å². The topological polar surface area (TPSA) is 0 Å². The monoisotopic (exact) mass is 236 g/mol. The predicted molar refractivity (Wildman–Crippen MR) is 82.7 cm³/mol. The second-order valence-electron chi connectivity index (χ2n) is 3.78. The third-order valence-corrected chi connectivity index (χ3v) is 2.90. The largest absolute Gasteiger partial charge is 0.115 e. The number of aryl methyl sites for hydroxylation is 1. The first-order valence-electron chi connectivity index (χ1n) is 6.44. The zero-order chi connectivity index (χ0) is 13.5. The highest BCUT2D eigenvalue weighted by Crippen LogP contribution is 2.25. The molecule has 92 valence electrons. The van der Waals surface area contributed by atoms with Crippen LogP contribution in [0.2, 0.25) is 0 Å². The first-order chi connectivity index (χ1) is 8.80. The van der Waals surface area contributed by atoms with Crippen LogP contribution in [-0.2, 0) is 6.42 Å². The summed E-state index contributed by atoms with van der Waals surface area (Å²) < 4.78 is 0. The van der Waals surface area contributed by atoms with Gasteiger partial charge >= 0.3 is 0 Å². The molecular formula is C18H20. The van der Waals surface area contributed by atoms with E-state index >= 15 is 0 Å². The summed E-state index contributed by atoms with van der Waals surface area (Å²) in [4.78, 5) is 0. The summed E-state index contributed by atoms with van der Waals surface area (Å²) >= 11 is 0. The fourth-order valence-corrected chi connectivity index (χ4v) is 2.04. The van der Waals surface area contributed by atoms with Gasteiger partial charge in [-0.1, -0.05) is 57.5 Å². The number of hydrogen-bond donors (Lipinski definition) is 0. The van der Waals surface area contributed by atoms with Crippen LogP contribution in [0.5, 0.6) is 0 Å². The Morgan fingerprint density at radius 3 is 2.50 bits per heavy atom. The second kappa shape index (κ2) is 6.67. The van der Waals surface area contributed by atoms with Gasteiger partial charge in [-0.3, -0.25) is 0 Å². The average Bonchev–Trinajstić information content (AvgIpc) is 2.47. The molecule has 0 amide bonds. The van der Waals surface area contributed by atoms with Crippen LogP contribution in [-0.4, -0.2) is 0 Å². The van der Waals surface area contributed by atoms with Gasteiger partial charge in [-0.2, -0.15) is 0 Å². The molecule has 0 aliphatic heterocycles. The molecule has 0 nitrogen and oxygen atoms in total. The molecule has 0 spiro atoms. The van der Waals surface area contributed by atoms with E-state index in [0.29, 0.717) is 0 Å². The lowest BCUT2D eigenvalue weighted by molar-refractivity contribution is 1.14. The standard InChI is InChI=1S/C16H14.C2H6/c1-4-12-7-10-16-14(11-12)9-8-13(5-2)15(16)6-3;1-2/h1,6-11H,3,5H2,2H3;1-2H3. The third kappa shape index (κ3) is 2.63. The van der Waals surface area contributed by atoms with Crippen LogP contribution in [0.15, 0.2) is 36.9 Å². The fourth-order valence-electron chi connectivity index (χ4n) is 2.04. The zero-order valence-electron chi connectivity index (χ0n) is 11.5. The van der Waals surface area contributed by atoms with Crippen molar-refractivity contribution >= 4 is 16.8 Å². The minimum atomic E-state index is 0.923. The van der Waals surface area contributed by atoms with Crippen molar-refractivity contribution in [2.45, 2.75) is 27.2 Å². The Morgan fingerprint density at radius 1 is 1.22 bits per heavy atom. The van der Waals surface area contributed by atoms with Crippen molar-refractivity contribution < 1.29 is 0 Å². The van der Waals surface area contributed by atoms with Crippen molar-refractivity contribution in [3.05, 3.63) is 53.6 Å². The van der Waals surface area contributed by atoms with Gasteiger partial charge in [0.15, 0.2) is 0 Å². The summed E-state index contributed by atoms with van der Waals surface area (Å²) in [6.45, 7) is 10.0. The summed E-state index contributed by atoms with van der Waals surface area (Å²) in [5.41, 5.74) is 3.48. The van der Waals surface area contributed by atoms with Crippen LogP contribution < -0.4 is 0 Å². The molecule has 0 aromatic heterocycles. The molecule has 0 aliphatic carbocycles. The summed E-state index contributed by atoms with van der Waals surface area (Å²) in [5, 5.41) is 2.41. The van der Waals surface area contributed by atoms with E-state index in [-0.39, 0.29) is 0 Å². The van der Waals surface area contributed by atoms with Gasteiger partial charge in [-0.25, -0.2) is 0 Å². The highest BCUT2D eigenvalue weighted by molar-refractivity contribution is 5.92. The van der Waals surface area contributed by atoms with E-state index in [4.69, 9.17) is 6.42 Å². The summed E-state index contributed by atoms with van der Waals surface area (Å²) in [7, 11) is 0. The Kier molecular flexibility index (Phi) is 5.21. The van der Waals surface area contributed by atoms with Gasteiger partial charge in [-0.15, -0.1) is 6.42 Å². The van der Waals surface area contributed by atoms with E-state index in [1.165, 1.54) is 21.9 Å². The van der Waals surface area contributed by atoms with Crippen molar-refractivity contribution in [3.63, 3.8) is 0 Å². The minimum Gasteiger partial charge on any atom is -0.115 e. The molecule has 0 fully saturated rings. The molecule has 0 saturated carbocycles. The molecule has 0 N–H and O–H groups in total. The lowest BCUT2D eigenvalue weighted by atomic mass is 9.96. The normalized spacial score (nSPS) is 9.22. The van der Waals surface area contributed by atoms with Crippen molar-refractivity contribution in [2.75, 3.05) is 0 Å². The molecule has 0 bridgehead atoms. The Balaban J connectivity index is 0.000000771. The Labute approximate surface area is 110 Å². The summed E-state index contributed by atoms with van der Waals surface area (Å²) in [5.74, 6) is 2.66. The molecule has 2 aromatic carbocycles. The maximum Gasteiger partial charge on any atom is 0.0248 e. The van der Waals surface area contributed by atoms with Gasteiger partial charge in [0.05, 0.1) is 0 Å². The highest BCUT2D eigenvalue weighted by atomic mass is 14.1. The van der Waals surface area contributed by atoms with Gasteiger partial charge < -0.3 is 0 Å². The molecule has 0 atom stereocenters. The Hall–Kier alpha value is -2.00. The van der Waals surface area contributed by atoms with Gasteiger partial charge in [0, 0.05) is 5.56 Å². The number of fused-ring (bicyclic) bond motifs is 1. The maximum atomic E-state index is 5.40. The van der Waals surface area contributed by atoms with Crippen LogP contribution in [0.4, 0.5) is 0 Å². The molecule has 0 unspecified atom stereocenters. The summed E-state index contributed by atoms with van der Waals surface area (Å²) in [6.07, 6.45) is 8.35. The van der Waals surface area contributed by atoms with Crippen LogP contribution >= 0.6 is 0 Å². The number of hydrogen-bond acceptors (Lipinski definition) is 0. The van der Waals surface area contributed by atoms with E-state index in [2.05, 4.69) is 37.6 Å². The van der Waals surface area contributed by atoms with Crippen molar-refractivity contribution in [3.8, 4) is 12.3 Å². The smallest absolute Gasteiger partial charge is 0.0248 e. The second-order valence-corrected chi connectivity index (χ2v) is 3.78. The molecule has 0 aliphatic rings. The number of terminal acetylenes is 1. The van der Waals surface area contributed by atoms with Crippen LogP contribution in [0.3, 0.4) is 0 Å². The SMILES string of the molecule is C#Cc1ccc2c(C=C)c(CC)ccc2c1.CC. The molecular weight excluding hydrogens is 216 g/mol. The lowest BCUT2D eigenvalue weighted by Gasteiger charge is -2.08. The lowest BCUT2D eigenvalue weighted by Crippen LogP contribution is -1.88. The third-order valence-electron chi connectivity index (χ3n) is 2.90. The van der Waals surface area contributed by atoms with Crippen molar-refractivity contribution in [1.29, 1.82) is 0 Å². The molecule has 2 rings (SSSR count). The molecule has 2 aromatic rings. The highest BCUT2D eigenvalue weighted by Gasteiger charge is 2.03. The summed E-state index contributed by atoms with van der Waals surface area (Å²) in [6, 6.07) is 10.4. The minimum absolute atomic E-state index is 0.923.